The molecule has 1 unspecified atom stereocenters. The van der Waals surface area contributed by atoms with Crippen molar-refractivity contribution in [2.45, 2.75) is 45.3 Å². The van der Waals surface area contributed by atoms with Gasteiger partial charge in [0.25, 0.3) is 11.1 Å². The van der Waals surface area contributed by atoms with Crippen LogP contribution in [0.1, 0.15) is 37.1 Å². The van der Waals surface area contributed by atoms with Crippen molar-refractivity contribution in [2.75, 3.05) is 36.9 Å². The lowest BCUT2D eigenvalue weighted by atomic mass is 10.0. The van der Waals surface area contributed by atoms with Gasteiger partial charge in [-0.05, 0) is 42.2 Å². The molecular formula is C33H30Cl2F4N6O4. The van der Waals surface area contributed by atoms with E-state index >= 15 is 17.6 Å². The quantitative estimate of drug-likeness (QED) is 0.122. The van der Waals surface area contributed by atoms with Crippen molar-refractivity contribution in [1.82, 2.24) is 19.0 Å². The SMILES string of the molecule is C=CC(=O)N1CCN2c3c(c(=O)n(-c4c(CC)cncc4CC)c4c(=O)n(-c5c(N)c(Cl)cc(Cl)c5F)c(C(F)(F)F)cc34)OCCC2C1. The lowest BCUT2D eigenvalue weighted by Crippen LogP contribution is -2.54. The van der Waals surface area contributed by atoms with Crippen LogP contribution in [0, 0.1) is 5.82 Å². The van der Waals surface area contributed by atoms with E-state index in [2.05, 4.69) is 11.6 Å². The van der Waals surface area contributed by atoms with Gasteiger partial charge in [-0.1, -0.05) is 43.6 Å². The Kier molecular flexibility index (Phi) is 8.90. The molecule has 6 rings (SSSR count). The molecule has 1 amide bonds. The Morgan fingerprint density at radius 2 is 1.71 bits per heavy atom. The molecule has 258 valence electrons. The van der Waals surface area contributed by atoms with Crippen LogP contribution in [-0.2, 0) is 23.8 Å². The van der Waals surface area contributed by atoms with Gasteiger partial charge in [0.1, 0.15) is 16.9 Å². The van der Waals surface area contributed by atoms with Gasteiger partial charge in [0, 0.05) is 43.8 Å². The van der Waals surface area contributed by atoms with Crippen LogP contribution in [0.15, 0.2) is 46.8 Å². The minimum absolute atomic E-state index is 0.00536. The minimum Gasteiger partial charge on any atom is -0.486 e. The number of aryl methyl sites for hydroxylation is 2. The number of hydrogen-bond acceptors (Lipinski definition) is 7. The number of alkyl halides is 3. The van der Waals surface area contributed by atoms with Crippen LogP contribution >= 0.6 is 23.2 Å². The molecule has 2 aliphatic rings. The maximum absolute atomic E-state index is 15.8. The average molecular weight is 722 g/mol. The summed E-state index contributed by atoms with van der Waals surface area (Å²) in [6.07, 6.45) is -0.105. The zero-order valence-corrected chi connectivity index (χ0v) is 27.8. The fraction of sp³-hybridized carbons (Fsp3) is 0.333. The molecule has 5 heterocycles. The molecule has 0 saturated carbocycles. The Morgan fingerprint density at radius 1 is 1.04 bits per heavy atom. The maximum Gasteiger partial charge on any atom is 0.431 e. The predicted octanol–water partition coefficient (Wildman–Crippen LogP) is 5.69. The third-order valence-electron chi connectivity index (χ3n) is 8.98. The van der Waals surface area contributed by atoms with Gasteiger partial charge in [-0.25, -0.2) is 4.39 Å². The number of benzene rings is 1. The van der Waals surface area contributed by atoms with Gasteiger partial charge >= 0.3 is 6.18 Å². The second-order valence-electron chi connectivity index (χ2n) is 11.7. The molecule has 4 aromatic rings. The zero-order chi connectivity index (χ0) is 35.5. The smallest absolute Gasteiger partial charge is 0.431 e. The third-order valence-corrected chi connectivity index (χ3v) is 9.57. The predicted molar refractivity (Wildman–Crippen MR) is 179 cm³/mol. The van der Waals surface area contributed by atoms with Crippen LogP contribution in [0.3, 0.4) is 0 Å². The molecule has 0 radical (unpaired) electrons. The highest BCUT2D eigenvalue weighted by atomic mass is 35.5. The fourth-order valence-electron chi connectivity index (χ4n) is 6.67. The number of nitrogens with zero attached hydrogens (tertiary/aromatic N) is 5. The van der Waals surface area contributed by atoms with Crippen molar-refractivity contribution in [3.63, 3.8) is 0 Å². The van der Waals surface area contributed by atoms with Crippen molar-refractivity contribution in [3.05, 3.63) is 90.6 Å². The zero-order valence-electron chi connectivity index (χ0n) is 26.3. The lowest BCUT2D eigenvalue weighted by molar-refractivity contribution is -0.142. The Bertz CT molecular complexity index is 2120. The summed E-state index contributed by atoms with van der Waals surface area (Å²) in [6, 6.07) is 1.11. The fourth-order valence-corrected chi connectivity index (χ4v) is 7.12. The van der Waals surface area contributed by atoms with Crippen molar-refractivity contribution in [1.29, 1.82) is 0 Å². The number of halogens is 6. The summed E-state index contributed by atoms with van der Waals surface area (Å²) in [5, 5.41) is -1.33. The summed E-state index contributed by atoms with van der Waals surface area (Å²) in [6.45, 7) is 7.55. The summed E-state index contributed by atoms with van der Waals surface area (Å²) < 4.78 is 68.2. The second-order valence-corrected chi connectivity index (χ2v) is 12.5. The van der Waals surface area contributed by atoms with Crippen LogP contribution in [0.4, 0.5) is 28.9 Å². The molecule has 1 saturated heterocycles. The van der Waals surface area contributed by atoms with Crippen LogP contribution in [-0.4, -0.2) is 57.2 Å². The monoisotopic (exact) mass is 720 g/mol. The molecule has 16 heteroatoms. The Hall–Kier alpha value is -4.56. The molecule has 49 heavy (non-hydrogen) atoms. The largest absolute Gasteiger partial charge is 0.486 e. The van der Waals surface area contributed by atoms with E-state index in [1.165, 1.54) is 18.5 Å². The number of aromatic nitrogens is 3. The number of fused-ring (bicyclic) bond motifs is 5. The summed E-state index contributed by atoms with van der Waals surface area (Å²) in [5.74, 6) is -2.01. The second kappa shape index (κ2) is 12.7. The first-order valence-electron chi connectivity index (χ1n) is 15.4. The van der Waals surface area contributed by atoms with E-state index in [9.17, 15) is 14.4 Å². The Balaban J connectivity index is 1.85. The van der Waals surface area contributed by atoms with E-state index in [-0.39, 0.29) is 64.2 Å². The van der Waals surface area contributed by atoms with Gasteiger partial charge in [-0.3, -0.25) is 28.5 Å². The third kappa shape index (κ3) is 5.50. The van der Waals surface area contributed by atoms with Crippen LogP contribution in [0.2, 0.25) is 10.0 Å². The van der Waals surface area contributed by atoms with Crippen LogP contribution in [0.25, 0.3) is 22.3 Å². The number of nitrogens with two attached hydrogens (primary N) is 1. The number of amides is 1. The van der Waals surface area contributed by atoms with E-state index < -0.39 is 56.8 Å². The topological polar surface area (TPSA) is 116 Å². The van der Waals surface area contributed by atoms with Crippen LogP contribution < -0.4 is 26.5 Å². The number of hydrogen-bond donors (Lipinski definition) is 1. The van der Waals surface area contributed by atoms with E-state index in [0.717, 1.165) is 10.6 Å². The molecule has 0 aliphatic carbocycles. The average Bonchev–Trinajstić information content (AvgIpc) is 3.27. The van der Waals surface area contributed by atoms with E-state index in [4.69, 9.17) is 33.7 Å². The molecule has 1 atom stereocenters. The molecule has 2 aliphatic heterocycles. The first-order chi connectivity index (χ1) is 23.2. The van der Waals surface area contributed by atoms with Gasteiger partial charge in [0.2, 0.25) is 11.7 Å². The Labute approximate surface area is 286 Å². The number of rotatable bonds is 5. The molecule has 10 nitrogen and oxygen atoms in total. The summed E-state index contributed by atoms with van der Waals surface area (Å²) in [4.78, 5) is 49.6. The normalized spacial score (nSPS) is 16.2. The Morgan fingerprint density at radius 3 is 2.33 bits per heavy atom. The number of pyridine rings is 3. The number of anilines is 2. The van der Waals surface area contributed by atoms with Gasteiger partial charge in [-0.15, -0.1) is 0 Å². The van der Waals surface area contributed by atoms with E-state index in [1.807, 2.05) is 0 Å². The van der Waals surface area contributed by atoms with Crippen molar-refractivity contribution >= 4 is 51.4 Å². The van der Waals surface area contributed by atoms with Gasteiger partial charge in [0.15, 0.2) is 5.82 Å². The maximum atomic E-state index is 15.8. The van der Waals surface area contributed by atoms with Gasteiger partial charge < -0.3 is 20.3 Å². The molecule has 0 spiro atoms. The number of ether oxygens (including phenoxy) is 1. The highest BCUT2D eigenvalue weighted by Crippen LogP contribution is 2.43. The molecule has 2 N–H and O–H groups in total. The van der Waals surface area contributed by atoms with E-state index in [1.54, 1.807) is 23.6 Å². The minimum atomic E-state index is -5.26. The van der Waals surface area contributed by atoms with Gasteiger partial charge in [0.05, 0.1) is 39.8 Å². The summed E-state index contributed by atoms with van der Waals surface area (Å²) in [5.41, 5.74) is 1.30. The van der Waals surface area contributed by atoms with Gasteiger partial charge in [-0.2, -0.15) is 13.2 Å². The molecule has 0 bridgehead atoms. The van der Waals surface area contributed by atoms with E-state index in [0.29, 0.717) is 36.5 Å². The number of carbonyl (C=O) groups excluding carboxylic acids is 1. The number of piperazine rings is 1. The van der Waals surface area contributed by atoms with Crippen molar-refractivity contribution < 1.29 is 27.1 Å². The standard InChI is InChI=1S/C33H30Cl2F4N6O4/c1-4-16-13-41-14-17(5-2)26(16)45-28-19(27-30(32(45)48)49-10-7-18-15-42(23(46)6-3)8-9-43(18)27)11-22(33(37,38)39)44(31(28)47)29-24(36)20(34)12-21(35)25(29)40/h6,11-14,18H,3-5,7-10,15,40H2,1-2H3. The summed E-state index contributed by atoms with van der Waals surface area (Å²) >= 11 is 12.2. The molecule has 3 aromatic heterocycles. The highest BCUT2D eigenvalue weighted by molar-refractivity contribution is 6.37. The van der Waals surface area contributed by atoms with Crippen molar-refractivity contribution in [3.8, 4) is 17.1 Å². The van der Waals surface area contributed by atoms with Crippen LogP contribution in [0.5, 0.6) is 5.75 Å². The lowest BCUT2D eigenvalue weighted by Gasteiger charge is -2.42. The number of carbonyl (C=O) groups is 1. The van der Waals surface area contributed by atoms with Crippen molar-refractivity contribution in [2.24, 2.45) is 0 Å². The molecule has 1 aromatic carbocycles. The summed E-state index contributed by atoms with van der Waals surface area (Å²) in [7, 11) is 0. The number of nitrogen functional groups attached to an aromatic ring is 1. The molecular weight excluding hydrogens is 691 g/mol. The highest BCUT2D eigenvalue weighted by Gasteiger charge is 2.41. The first-order valence-corrected chi connectivity index (χ1v) is 16.2. The first kappa shape index (κ1) is 34.3. The molecule has 1 fully saturated rings.